The summed E-state index contributed by atoms with van der Waals surface area (Å²) in [5.41, 5.74) is 7.38. The highest BCUT2D eigenvalue weighted by atomic mass is 16.2. The first kappa shape index (κ1) is 11.1. The Morgan fingerprint density at radius 2 is 2.00 bits per heavy atom. The van der Waals surface area contributed by atoms with Gasteiger partial charge in [0.25, 0.3) is 0 Å². The minimum absolute atomic E-state index is 0.0768. The molecule has 0 aromatic heterocycles. The van der Waals surface area contributed by atoms with E-state index in [0.29, 0.717) is 6.54 Å². The maximum Gasteiger partial charge on any atom is 0.230 e. The van der Waals surface area contributed by atoms with Gasteiger partial charge in [0.1, 0.15) is 0 Å². The third-order valence-electron chi connectivity index (χ3n) is 3.46. The molecule has 3 N–H and O–H groups in total. The van der Waals surface area contributed by atoms with Crippen LogP contribution in [0.4, 0.5) is 5.69 Å². The van der Waals surface area contributed by atoms with Crippen LogP contribution in [0.2, 0.25) is 0 Å². The van der Waals surface area contributed by atoms with Gasteiger partial charge in [0.15, 0.2) is 0 Å². The average molecular weight is 218 g/mol. The van der Waals surface area contributed by atoms with Crippen LogP contribution in [0, 0.1) is 5.41 Å². The van der Waals surface area contributed by atoms with Gasteiger partial charge in [-0.3, -0.25) is 4.79 Å². The van der Waals surface area contributed by atoms with Gasteiger partial charge in [-0.05, 0) is 37.0 Å². The molecule has 2 rings (SSSR count). The number of anilines is 1. The average Bonchev–Trinajstić information content (AvgIpc) is 3.11. The molecule has 1 aromatic carbocycles. The van der Waals surface area contributed by atoms with Gasteiger partial charge in [-0.2, -0.15) is 0 Å². The first-order valence-corrected chi connectivity index (χ1v) is 5.81. The second-order valence-corrected chi connectivity index (χ2v) is 4.49. The Morgan fingerprint density at radius 3 is 2.44 bits per heavy atom. The molecule has 3 nitrogen and oxygen atoms in total. The fourth-order valence-electron chi connectivity index (χ4n) is 1.88. The predicted octanol–water partition coefficient (Wildman–Crippen LogP) is 2.27. The first-order valence-electron chi connectivity index (χ1n) is 5.81. The van der Waals surface area contributed by atoms with E-state index in [4.69, 9.17) is 5.73 Å². The van der Waals surface area contributed by atoms with Gasteiger partial charge < -0.3 is 11.1 Å². The largest absolute Gasteiger partial charge is 0.326 e. The zero-order valence-electron chi connectivity index (χ0n) is 9.62. The normalized spacial score (nSPS) is 16.9. The van der Waals surface area contributed by atoms with Gasteiger partial charge in [-0.25, -0.2) is 0 Å². The third kappa shape index (κ3) is 2.09. The van der Waals surface area contributed by atoms with Gasteiger partial charge in [0.2, 0.25) is 5.91 Å². The van der Waals surface area contributed by atoms with Crippen molar-refractivity contribution in [1.82, 2.24) is 0 Å². The molecular formula is C13H18N2O. The van der Waals surface area contributed by atoms with Crippen LogP contribution in [0.25, 0.3) is 0 Å². The van der Waals surface area contributed by atoms with Crippen LogP contribution >= 0.6 is 0 Å². The number of hydrogen-bond acceptors (Lipinski definition) is 2. The van der Waals surface area contributed by atoms with Crippen LogP contribution in [0.1, 0.15) is 31.7 Å². The minimum Gasteiger partial charge on any atom is -0.326 e. The number of benzene rings is 1. The minimum atomic E-state index is -0.0768. The summed E-state index contributed by atoms with van der Waals surface area (Å²) in [5.74, 6) is 0.162. The van der Waals surface area contributed by atoms with Crippen molar-refractivity contribution in [2.45, 2.75) is 32.7 Å². The molecule has 0 radical (unpaired) electrons. The second-order valence-electron chi connectivity index (χ2n) is 4.49. The Bertz CT molecular complexity index is 379. The van der Waals surface area contributed by atoms with Crippen LogP contribution in [-0.4, -0.2) is 5.91 Å². The molecule has 0 atom stereocenters. The third-order valence-corrected chi connectivity index (χ3v) is 3.46. The van der Waals surface area contributed by atoms with Crippen molar-refractivity contribution in [3.05, 3.63) is 29.8 Å². The van der Waals surface area contributed by atoms with Crippen molar-refractivity contribution in [2.24, 2.45) is 11.1 Å². The lowest BCUT2D eigenvalue weighted by Gasteiger charge is -2.12. The van der Waals surface area contributed by atoms with E-state index in [1.807, 2.05) is 24.3 Å². The molecular weight excluding hydrogens is 200 g/mol. The van der Waals surface area contributed by atoms with E-state index in [2.05, 4.69) is 12.2 Å². The Labute approximate surface area is 96.0 Å². The fourth-order valence-corrected chi connectivity index (χ4v) is 1.88. The number of nitrogens with one attached hydrogen (secondary N) is 1. The molecule has 0 aliphatic heterocycles. The van der Waals surface area contributed by atoms with Crippen LogP contribution in [0.3, 0.4) is 0 Å². The molecule has 1 fully saturated rings. The summed E-state index contributed by atoms with van der Waals surface area (Å²) in [6, 6.07) is 7.71. The van der Waals surface area contributed by atoms with Gasteiger partial charge in [0, 0.05) is 17.6 Å². The molecule has 0 bridgehead atoms. The first-order chi connectivity index (χ1) is 7.70. The molecule has 1 amide bonds. The van der Waals surface area contributed by atoms with Crippen LogP contribution in [0.15, 0.2) is 24.3 Å². The smallest absolute Gasteiger partial charge is 0.230 e. The molecule has 86 valence electrons. The summed E-state index contributed by atoms with van der Waals surface area (Å²) in [6.07, 6.45) is 2.98. The summed E-state index contributed by atoms with van der Waals surface area (Å²) in [5, 5.41) is 2.97. The number of amides is 1. The van der Waals surface area contributed by atoms with Crippen molar-refractivity contribution in [3.63, 3.8) is 0 Å². The molecule has 1 saturated carbocycles. The van der Waals surface area contributed by atoms with E-state index >= 15 is 0 Å². The summed E-state index contributed by atoms with van der Waals surface area (Å²) in [4.78, 5) is 11.9. The van der Waals surface area contributed by atoms with Crippen molar-refractivity contribution in [1.29, 1.82) is 0 Å². The van der Waals surface area contributed by atoms with Crippen LogP contribution in [-0.2, 0) is 11.3 Å². The van der Waals surface area contributed by atoms with E-state index < -0.39 is 0 Å². The second kappa shape index (κ2) is 4.26. The SMILES string of the molecule is CCC1(C(=O)Nc2ccc(CN)cc2)CC1. The molecule has 1 aromatic rings. The molecule has 0 unspecified atom stereocenters. The summed E-state index contributed by atoms with van der Waals surface area (Å²) in [7, 11) is 0. The number of hydrogen-bond donors (Lipinski definition) is 2. The Morgan fingerprint density at radius 1 is 1.38 bits per heavy atom. The van der Waals surface area contributed by atoms with Crippen LogP contribution < -0.4 is 11.1 Å². The molecule has 1 aliphatic carbocycles. The lowest BCUT2D eigenvalue weighted by molar-refractivity contribution is -0.121. The quantitative estimate of drug-likeness (QED) is 0.814. The topological polar surface area (TPSA) is 55.1 Å². The highest BCUT2D eigenvalue weighted by Gasteiger charge is 2.47. The van der Waals surface area contributed by atoms with Crippen molar-refractivity contribution >= 4 is 11.6 Å². The number of nitrogens with two attached hydrogens (primary N) is 1. The Kier molecular flexibility index (Phi) is 2.97. The Hall–Kier alpha value is -1.35. The standard InChI is InChI=1S/C13H18N2O/c1-2-13(7-8-13)12(16)15-11-5-3-10(9-14)4-6-11/h3-6H,2,7-9,14H2,1H3,(H,15,16). The van der Waals surface area contributed by atoms with E-state index in [1.54, 1.807) is 0 Å². The maximum atomic E-state index is 11.9. The molecule has 1 aliphatic rings. The highest BCUT2D eigenvalue weighted by molar-refractivity contribution is 5.97. The number of carbonyl (C=O) groups is 1. The summed E-state index contributed by atoms with van der Waals surface area (Å²) < 4.78 is 0. The lowest BCUT2D eigenvalue weighted by atomic mass is 10.0. The molecule has 16 heavy (non-hydrogen) atoms. The molecule has 0 saturated heterocycles. The van der Waals surface area contributed by atoms with E-state index in [9.17, 15) is 4.79 Å². The monoisotopic (exact) mass is 218 g/mol. The fraction of sp³-hybridized carbons (Fsp3) is 0.462. The van der Waals surface area contributed by atoms with Gasteiger partial charge in [-0.1, -0.05) is 19.1 Å². The molecule has 0 heterocycles. The van der Waals surface area contributed by atoms with Crippen LogP contribution in [0.5, 0.6) is 0 Å². The van der Waals surface area contributed by atoms with Crippen molar-refractivity contribution in [3.8, 4) is 0 Å². The number of rotatable bonds is 4. The molecule has 0 spiro atoms. The highest BCUT2D eigenvalue weighted by Crippen LogP contribution is 2.49. The van der Waals surface area contributed by atoms with Gasteiger partial charge >= 0.3 is 0 Å². The van der Waals surface area contributed by atoms with E-state index in [1.165, 1.54) is 0 Å². The predicted molar refractivity (Wildman–Crippen MR) is 64.9 cm³/mol. The number of carbonyl (C=O) groups excluding carboxylic acids is 1. The van der Waals surface area contributed by atoms with E-state index in [0.717, 1.165) is 30.5 Å². The zero-order valence-corrected chi connectivity index (χ0v) is 9.62. The van der Waals surface area contributed by atoms with Crippen molar-refractivity contribution in [2.75, 3.05) is 5.32 Å². The maximum absolute atomic E-state index is 11.9. The lowest BCUT2D eigenvalue weighted by Crippen LogP contribution is -2.23. The van der Waals surface area contributed by atoms with Crippen molar-refractivity contribution < 1.29 is 4.79 Å². The molecule has 3 heteroatoms. The Balaban J connectivity index is 2.01. The van der Waals surface area contributed by atoms with E-state index in [-0.39, 0.29) is 11.3 Å². The summed E-state index contributed by atoms with van der Waals surface area (Å²) >= 11 is 0. The van der Waals surface area contributed by atoms with Gasteiger partial charge in [0.05, 0.1) is 0 Å². The van der Waals surface area contributed by atoms with Gasteiger partial charge in [-0.15, -0.1) is 0 Å². The zero-order chi connectivity index (χ0) is 11.6. The summed E-state index contributed by atoms with van der Waals surface area (Å²) in [6.45, 7) is 2.61.